The van der Waals surface area contributed by atoms with Crippen LogP contribution in [0.25, 0.3) is 22.5 Å². The zero-order valence-corrected chi connectivity index (χ0v) is 23.6. The van der Waals surface area contributed by atoms with Crippen LogP contribution in [0.3, 0.4) is 0 Å². The van der Waals surface area contributed by atoms with Crippen molar-refractivity contribution in [1.82, 2.24) is 30.4 Å². The Kier molecular flexibility index (Phi) is 8.85. The molecule has 10 nitrogen and oxygen atoms in total. The number of hydrogen-bond donors (Lipinski definition) is 1. The molecular formula is C30H29N7O3S. The van der Waals surface area contributed by atoms with Gasteiger partial charge >= 0.3 is 5.97 Å². The minimum absolute atomic E-state index is 0.206. The number of H-pyrrole nitrogens is 1. The molecule has 5 aromatic rings. The Labute approximate surface area is 240 Å². The van der Waals surface area contributed by atoms with Gasteiger partial charge in [-0.05, 0) is 52.1 Å². The summed E-state index contributed by atoms with van der Waals surface area (Å²) in [5.74, 6) is -0.436. The molecule has 0 unspecified atom stereocenters. The SMILES string of the molecule is CCCCOC(=O)c1ccccc1C(=O)N=c1sc(CC)nn1Cc1ccc(-c2ccccc2-c2nnn[nH]2)cc1. The van der Waals surface area contributed by atoms with E-state index in [4.69, 9.17) is 4.74 Å². The van der Waals surface area contributed by atoms with Gasteiger partial charge in [0.2, 0.25) is 4.80 Å². The van der Waals surface area contributed by atoms with Crippen molar-refractivity contribution in [2.45, 2.75) is 39.7 Å². The van der Waals surface area contributed by atoms with E-state index in [1.807, 2.05) is 62.4 Å². The van der Waals surface area contributed by atoms with Gasteiger partial charge in [-0.2, -0.15) is 10.1 Å². The smallest absolute Gasteiger partial charge is 0.338 e. The fourth-order valence-corrected chi connectivity index (χ4v) is 5.07. The van der Waals surface area contributed by atoms with Crippen molar-refractivity contribution < 1.29 is 14.3 Å². The van der Waals surface area contributed by atoms with Crippen molar-refractivity contribution in [3.05, 3.63) is 99.3 Å². The van der Waals surface area contributed by atoms with E-state index >= 15 is 0 Å². The Morgan fingerprint density at radius 2 is 1.68 bits per heavy atom. The number of tetrazole rings is 1. The quantitative estimate of drug-likeness (QED) is 0.184. The minimum Gasteiger partial charge on any atom is -0.462 e. The number of benzene rings is 3. The van der Waals surface area contributed by atoms with Gasteiger partial charge in [-0.25, -0.2) is 14.6 Å². The van der Waals surface area contributed by atoms with Crippen molar-refractivity contribution in [3.8, 4) is 22.5 Å². The summed E-state index contributed by atoms with van der Waals surface area (Å²) in [5.41, 5.74) is 4.33. The first-order chi connectivity index (χ1) is 20.1. The van der Waals surface area contributed by atoms with Gasteiger partial charge in [0.15, 0.2) is 5.82 Å². The lowest BCUT2D eigenvalue weighted by molar-refractivity contribution is 0.0496. The molecule has 5 rings (SSSR count). The molecule has 208 valence electrons. The summed E-state index contributed by atoms with van der Waals surface area (Å²) in [6, 6.07) is 22.6. The zero-order chi connectivity index (χ0) is 28.6. The van der Waals surface area contributed by atoms with E-state index in [9.17, 15) is 9.59 Å². The number of carbonyl (C=O) groups excluding carboxylic acids is 2. The van der Waals surface area contributed by atoms with Crippen LogP contribution in [0.1, 0.15) is 58.0 Å². The lowest BCUT2D eigenvalue weighted by atomic mass is 9.98. The number of rotatable bonds is 10. The average molecular weight is 568 g/mol. The molecule has 0 saturated carbocycles. The number of aromatic nitrogens is 6. The number of hydrogen-bond acceptors (Lipinski definition) is 8. The molecule has 0 aliphatic carbocycles. The maximum Gasteiger partial charge on any atom is 0.338 e. The van der Waals surface area contributed by atoms with Gasteiger partial charge in [0, 0.05) is 5.56 Å². The van der Waals surface area contributed by atoms with Crippen LogP contribution in [0.15, 0.2) is 77.8 Å². The van der Waals surface area contributed by atoms with Crippen molar-refractivity contribution in [2.24, 2.45) is 4.99 Å². The molecule has 0 fully saturated rings. The summed E-state index contributed by atoms with van der Waals surface area (Å²) in [5, 5.41) is 19.8. The highest BCUT2D eigenvalue weighted by Gasteiger charge is 2.18. The van der Waals surface area contributed by atoms with Gasteiger partial charge in [0.1, 0.15) is 5.01 Å². The first-order valence-corrected chi connectivity index (χ1v) is 14.2. The summed E-state index contributed by atoms with van der Waals surface area (Å²) in [6.07, 6.45) is 2.38. The Morgan fingerprint density at radius 1 is 0.951 bits per heavy atom. The van der Waals surface area contributed by atoms with E-state index in [0.29, 0.717) is 30.2 Å². The molecule has 0 spiro atoms. The number of aryl methyl sites for hydroxylation is 1. The van der Waals surface area contributed by atoms with Crippen LogP contribution in [-0.2, 0) is 17.7 Å². The highest BCUT2D eigenvalue weighted by Crippen LogP contribution is 2.29. The molecule has 0 saturated heterocycles. The van der Waals surface area contributed by atoms with Crippen LogP contribution in [0.5, 0.6) is 0 Å². The second-order valence-corrected chi connectivity index (χ2v) is 10.3. The van der Waals surface area contributed by atoms with Crippen LogP contribution in [-0.4, -0.2) is 48.9 Å². The second-order valence-electron chi connectivity index (χ2n) is 9.23. The second kappa shape index (κ2) is 13.1. The van der Waals surface area contributed by atoms with E-state index in [1.165, 1.54) is 11.3 Å². The summed E-state index contributed by atoms with van der Waals surface area (Å²) < 4.78 is 7.07. The molecule has 0 atom stereocenters. The number of esters is 1. The largest absolute Gasteiger partial charge is 0.462 e. The van der Waals surface area contributed by atoms with Crippen LogP contribution in [0.2, 0.25) is 0 Å². The summed E-state index contributed by atoms with van der Waals surface area (Å²) >= 11 is 1.36. The number of unbranched alkanes of at least 4 members (excludes halogenated alkanes) is 1. The van der Waals surface area contributed by atoms with Crippen LogP contribution in [0.4, 0.5) is 0 Å². The molecule has 0 bridgehead atoms. The van der Waals surface area contributed by atoms with E-state index in [-0.39, 0.29) is 11.1 Å². The number of nitrogens with zero attached hydrogens (tertiary/aromatic N) is 6. The fraction of sp³-hybridized carbons (Fsp3) is 0.233. The van der Waals surface area contributed by atoms with Gasteiger partial charge in [0.05, 0.1) is 24.3 Å². The lowest BCUT2D eigenvalue weighted by Gasteiger charge is -2.09. The first-order valence-electron chi connectivity index (χ1n) is 13.4. The number of aromatic amines is 1. The van der Waals surface area contributed by atoms with Gasteiger partial charge in [0.25, 0.3) is 5.91 Å². The Hall–Kier alpha value is -4.77. The predicted molar refractivity (Wildman–Crippen MR) is 155 cm³/mol. The molecule has 3 aromatic carbocycles. The minimum atomic E-state index is -0.523. The van der Waals surface area contributed by atoms with Gasteiger partial charge in [-0.1, -0.05) is 92.3 Å². The lowest BCUT2D eigenvalue weighted by Crippen LogP contribution is -2.20. The highest BCUT2D eigenvalue weighted by molar-refractivity contribution is 7.08. The van der Waals surface area contributed by atoms with Crippen molar-refractivity contribution in [2.75, 3.05) is 6.61 Å². The molecule has 2 heterocycles. The maximum atomic E-state index is 13.3. The fourth-order valence-electron chi connectivity index (χ4n) is 4.24. The van der Waals surface area contributed by atoms with E-state index in [0.717, 1.165) is 40.1 Å². The Morgan fingerprint density at radius 3 is 2.39 bits per heavy atom. The van der Waals surface area contributed by atoms with E-state index in [2.05, 4.69) is 30.7 Å². The molecule has 1 N–H and O–H groups in total. The van der Waals surface area contributed by atoms with E-state index < -0.39 is 11.9 Å². The maximum absolute atomic E-state index is 13.3. The van der Waals surface area contributed by atoms with Gasteiger partial charge in [-0.3, -0.25) is 4.79 Å². The summed E-state index contributed by atoms with van der Waals surface area (Å²) in [6.45, 7) is 4.76. The van der Waals surface area contributed by atoms with Crippen molar-refractivity contribution in [3.63, 3.8) is 0 Å². The zero-order valence-electron chi connectivity index (χ0n) is 22.8. The van der Waals surface area contributed by atoms with Crippen molar-refractivity contribution in [1.29, 1.82) is 0 Å². The first kappa shape index (κ1) is 27.8. The van der Waals surface area contributed by atoms with Crippen molar-refractivity contribution >= 4 is 23.2 Å². The number of amides is 1. The molecular weight excluding hydrogens is 538 g/mol. The van der Waals surface area contributed by atoms with Gasteiger partial charge in [-0.15, -0.1) is 5.10 Å². The third-order valence-electron chi connectivity index (χ3n) is 6.40. The third kappa shape index (κ3) is 6.52. The normalized spacial score (nSPS) is 11.5. The molecule has 0 radical (unpaired) electrons. The standard InChI is InChI=1S/C30H29N7O3S/c1-3-5-18-40-29(39)25-13-9-8-12-24(25)28(38)31-30-37(34-26(4-2)41-30)19-20-14-16-21(17-15-20)22-10-6-7-11-23(22)27-32-35-36-33-27/h6-17H,3-5,18-19H2,1-2H3,(H,32,33,35,36). The number of nitrogens with one attached hydrogen (secondary N) is 1. The molecule has 1 amide bonds. The molecule has 2 aromatic heterocycles. The number of ether oxygens (including phenoxy) is 1. The highest BCUT2D eigenvalue weighted by atomic mass is 32.1. The Bertz CT molecular complexity index is 1710. The Balaban J connectivity index is 1.40. The molecule has 0 aliphatic heterocycles. The molecule has 0 aliphatic rings. The summed E-state index contributed by atoms with van der Waals surface area (Å²) in [4.78, 5) is 30.8. The number of carbonyl (C=O) groups is 2. The monoisotopic (exact) mass is 567 g/mol. The summed E-state index contributed by atoms with van der Waals surface area (Å²) in [7, 11) is 0. The molecule has 11 heteroatoms. The third-order valence-corrected chi connectivity index (χ3v) is 7.49. The van der Waals surface area contributed by atoms with Gasteiger partial charge < -0.3 is 4.74 Å². The van der Waals surface area contributed by atoms with Crippen LogP contribution in [0, 0.1) is 0 Å². The van der Waals surface area contributed by atoms with Crippen LogP contribution >= 0.6 is 11.3 Å². The predicted octanol–water partition coefficient (Wildman–Crippen LogP) is 5.10. The average Bonchev–Trinajstić information content (AvgIpc) is 3.68. The topological polar surface area (TPSA) is 128 Å². The van der Waals surface area contributed by atoms with E-state index in [1.54, 1.807) is 28.9 Å². The van der Waals surface area contributed by atoms with Crippen LogP contribution < -0.4 is 4.80 Å². The molecule has 41 heavy (non-hydrogen) atoms.